The maximum atomic E-state index is 5.59. The Hall–Kier alpha value is -6.06. The standard InChI is InChI=1S/C48H35N3/c1-3-16-31(17-4-1)32-18-15-19-33(30-32)45-47(50-40-26-11-10-25-39(40)49-45)51-41-27-12-8-23-37(41)43-35-21-6-5-20-34(35)42-36-22-7-9-24-38(36)48(44(42)46(43)51)28-13-2-14-29-48/h1,3-12,15-27,30H,2,13-14,28-29H2. The third kappa shape index (κ3) is 4.06. The number of nitrogens with zero attached hydrogens (tertiary/aromatic N) is 3. The molecule has 0 amide bonds. The number of rotatable bonds is 3. The molecular formula is C48H35N3. The lowest BCUT2D eigenvalue weighted by Gasteiger charge is -2.36. The molecular weight excluding hydrogens is 619 g/mol. The lowest BCUT2D eigenvalue weighted by Crippen LogP contribution is -2.28. The van der Waals surface area contributed by atoms with Crippen molar-refractivity contribution >= 4 is 43.6 Å². The van der Waals surface area contributed by atoms with Gasteiger partial charge in [0.15, 0.2) is 5.82 Å². The van der Waals surface area contributed by atoms with Gasteiger partial charge in [0.05, 0.1) is 22.1 Å². The summed E-state index contributed by atoms with van der Waals surface area (Å²) in [6.45, 7) is 0. The van der Waals surface area contributed by atoms with Crippen molar-refractivity contribution in [2.24, 2.45) is 0 Å². The van der Waals surface area contributed by atoms with E-state index in [0.717, 1.165) is 46.5 Å². The van der Waals surface area contributed by atoms with Crippen LogP contribution >= 0.6 is 0 Å². The summed E-state index contributed by atoms with van der Waals surface area (Å²) in [5, 5.41) is 5.22. The van der Waals surface area contributed by atoms with Crippen LogP contribution in [-0.2, 0) is 5.41 Å². The molecule has 2 aromatic heterocycles. The molecule has 0 aliphatic heterocycles. The molecule has 3 nitrogen and oxygen atoms in total. The summed E-state index contributed by atoms with van der Waals surface area (Å²) in [5.74, 6) is 0.879. The number of fused-ring (bicyclic) bond motifs is 13. The van der Waals surface area contributed by atoms with Crippen molar-refractivity contribution in [1.82, 2.24) is 14.5 Å². The first-order chi connectivity index (χ1) is 25.3. The second kappa shape index (κ2) is 11.0. The van der Waals surface area contributed by atoms with Gasteiger partial charge in [-0.1, -0.05) is 147 Å². The molecule has 2 aliphatic carbocycles. The average molecular weight is 654 g/mol. The second-order valence-electron chi connectivity index (χ2n) is 14.4. The van der Waals surface area contributed by atoms with E-state index < -0.39 is 0 Å². The van der Waals surface area contributed by atoms with Crippen molar-refractivity contribution in [3.63, 3.8) is 0 Å². The predicted octanol–water partition coefficient (Wildman–Crippen LogP) is 12.4. The number of hydrogen-bond donors (Lipinski definition) is 0. The van der Waals surface area contributed by atoms with Gasteiger partial charge in [-0.15, -0.1) is 0 Å². The van der Waals surface area contributed by atoms with Gasteiger partial charge in [-0.25, -0.2) is 9.97 Å². The zero-order valence-corrected chi connectivity index (χ0v) is 28.3. The third-order valence-corrected chi connectivity index (χ3v) is 11.7. The minimum atomic E-state index is -0.0593. The lowest BCUT2D eigenvalue weighted by molar-refractivity contribution is 0.354. The largest absolute Gasteiger partial charge is 0.292 e. The van der Waals surface area contributed by atoms with Gasteiger partial charge in [-0.05, 0) is 81.3 Å². The fourth-order valence-electron chi connectivity index (χ4n) is 9.63. The van der Waals surface area contributed by atoms with Crippen LogP contribution in [0.4, 0.5) is 0 Å². The van der Waals surface area contributed by atoms with Crippen LogP contribution in [0.2, 0.25) is 0 Å². The van der Waals surface area contributed by atoms with Gasteiger partial charge in [0.1, 0.15) is 5.69 Å². The monoisotopic (exact) mass is 653 g/mol. The first-order valence-corrected chi connectivity index (χ1v) is 18.3. The topological polar surface area (TPSA) is 30.7 Å². The highest BCUT2D eigenvalue weighted by Crippen LogP contribution is 2.61. The molecule has 1 fully saturated rings. The number of hydrogen-bond acceptors (Lipinski definition) is 2. The van der Waals surface area contributed by atoms with Crippen LogP contribution in [0.3, 0.4) is 0 Å². The highest BCUT2D eigenvalue weighted by atomic mass is 15.1. The third-order valence-electron chi connectivity index (χ3n) is 11.7. The Balaban J connectivity index is 1.34. The van der Waals surface area contributed by atoms with Crippen LogP contribution < -0.4 is 0 Å². The molecule has 0 radical (unpaired) electrons. The van der Waals surface area contributed by atoms with E-state index in [0.29, 0.717) is 0 Å². The highest BCUT2D eigenvalue weighted by Gasteiger charge is 2.47. The Bertz CT molecular complexity index is 2840. The molecule has 3 heteroatoms. The van der Waals surface area contributed by atoms with E-state index in [1.165, 1.54) is 79.7 Å². The van der Waals surface area contributed by atoms with Crippen molar-refractivity contribution in [3.8, 4) is 39.3 Å². The van der Waals surface area contributed by atoms with Crippen LogP contribution in [0.1, 0.15) is 43.2 Å². The van der Waals surface area contributed by atoms with Crippen LogP contribution in [0, 0.1) is 0 Å². The molecule has 0 N–H and O–H groups in total. The van der Waals surface area contributed by atoms with Crippen molar-refractivity contribution in [2.45, 2.75) is 37.5 Å². The Kier molecular flexibility index (Phi) is 6.18. The van der Waals surface area contributed by atoms with Gasteiger partial charge in [0.25, 0.3) is 0 Å². The van der Waals surface area contributed by atoms with E-state index >= 15 is 0 Å². The first kappa shape index (κ1) is 28.7. The minimum absolute atomic E-state index is 0.0593. The fourth-order valence-corrected chi connectivity index (χ4v) is 9.63. The molecule has 11 rings (SSSR count). The normalized spacial score (nSPS) is 14.8. The highest BCUT2D eigenvalue weighted by molar-refractivity contribution is 6.27. The van der Waals surface area contributed by atoms with E-state index in [4.69, 9.17) is 9.97 Å². The van der Waals surface area contributed by atoms with Crippen LogP contribution in [-0.4, -0.2) is 14.5 Å². The average Bonchev–Trinajstić information content (AvgIpc) is 3.69. The molecule has 0 saturated heterocycles. The summed E-state index contributed by atoms with van der Waals surface area (Å²) in [6.07, 6.45) is 6.06. The molecule has 1 saturated carbocycles. The summed E-state index contributed by atoms with van der Waals surface area (Å²) < 4.78 is 2.50. The Morgan fingerprint density at radius 1 is 0.510 bits per heavy atom. The minimum Gasteiger partial charge on any atom is -0.292 e. The van der Waals surface area contributed by atoms with Crippen LogP contribution in [0.25, 0.3) is 82.9 Å². The molecule has 1 spiro atoms. The molecule has 9 aromatic rings. The molecule has 0 unspecified atom stereocenters. The van der Waals surface area contributed by atoms with Gasteiger partial charge in [0.2, 0.25) is 0 Å². The van der Waals surface area contributed by atoms with Gasteiger partial charge in [0, 0.05) is 21.8 Å². The van der Waals surface area contributed by atoms with E-state index in [1.807, 2.05) is 0 Å². The first-order valence-electron chi connectivity index (χ1n) is 18.3. The zero-order valence-electron chi connectivity index (χ0n) is 28.3. The number of benzene rings is 7. The SMILES string of the molecule is c1ccc(-c2cccc(-c3nc4ccccc4nc3-n3c4ccccc4c4c5ccccc5c5c(c43)C3(CCCCC3)c3ccccc3-5)c2)cc1. The molecule has 0 bridgehead atoms. The second-order valence-corrected chi connectivity index (χ2v) is 14.4. The van der Waals surface area contributed by atoms with E-state index in [1.54, 1.807) is 0 Å². The Morgan fingerprint density at radius 3 is 2.00 bits per heavy atom. The predicted molar refractivity (Wildman–Crippen MR) is 212 cm³/mol. The van der Waals surface area contributed by atoms with E-state index in [2.05, 4.69) is 156 Å². The van der Waals surface area contributed by atoms with Crippen molar-refractivity contribution in [3.05, 3.63) is 163 Å². The maximum absolute atomic E-state index is 5.59. The van der Waals surface area contributed by atoms with E-state index in [9.17, 15) is 0 Å². The van der Waals surface area contributed by atoms with Gasteiger partial charge >= 0.3 is 0 Å². The number of aromatic nitrogens is 3. The quantitative estimate of drug-likeness (QED) is 0.190. The Morgan fingerprint density at radius 2 is 1.16 bits per heavy atom. The van der Waals surface area contributed by atoms with Crippen LogP contribution in [0.5, 0.6) is 0 Å². The van der Waals surface area contributed by atoms with Gasteiger partial charge in [-0.3, -0.25) is 4.57 Å². The lowest BCUT2D eigenvalue weighted by atomic mass is 9.67. The Labute approximate surface area is 296 Å². The molecule has 2 heterocycles. The van der Waals surface area contributed by atoms with Gasteiger partial charge in [-0.2, -0.15) is 0 Å². The number of para-hydroxylation sites is 3. The summed E-state index contributed by atoms with van der Waals surface area (Å²) in [5.41, 5.74) is 14.3. The zero-order chi connectivity index (χ0) is 33.5. The van der Waals surface area contributed by atoms with Crippen LogP contribution in [0.15, 0.2) is 152 Å². The van der Waals surface area contributed by atoms with Crippen molar-refractivity contribution in [2.75, 3.05) is 0 Å². The summed E-state index contributed by atoms with van der Waals surface area (Å²) in [6, 6.07) is 55.1. The molecule has 0 atom stereocenters. The molecule has 242 valence electrons. The summed E-state index contributed by atoms with van der Waals surface area (Å²) in [4.78, 5) is 11.1. The van der Waals surface area contributed by atoms with Gasteiger partial charge < -0.3 is 0 Å². The fraction of sp³-hybridized carbons (Fsp3) is 0.125. The smallest absolute Gasteiger partial charge is 0.165 e. The van der Waals surface area contributed by atoms with Crippen molar-refractivity contribution in [1.29, 1.82) is 0 Å². The summed E-state index contributed by atoms with van der Waals surface area (Å²) in [7, 11) is 0. The maximum Gasteiger partial charge on any atom is 0.165 e. The molecule has 51 heavy (non-hydrogen) atoms. The summed E-state index contributed by atoms with van der Waals surface area (Å²) >= 11 is 0. The molecule has 2 aliphatic rings. The van der Waals surface area contributed by atoms with Crippen molar-refractivity contribution < 1.29 is 0 Å². The molecule has 7 aromatic carbocycles. The van der Waals surface area contributed by atoms with E-state index in [-0.39, 0.29) is 5.41 Å².